The minimum Gasteiger partial charge on any atom is -0.494 e. The first-order valence-electron chi connectivity index (χ1n) is 16.3. The Morgan fingerprint density at radius 3 is 2.28 bits per heavy atom. The summed E-state index contributed by atoms with van der Waals surface area (Å²) in [5.74, 6) is -1.66. The minimum absolute atomic E-state index is 0.0194. The van der Waals surface area contributed by atoms with Crippen LogP contribution in [0.1, 0.15) is 50.7 Å². The number of anilines is 2. The number of rotatable bonds is 14. The summed E-state index contributed by atoms with van der Waals surface area (Å²) in [5, 5.41) is 9.55. The number of hydrogen-bond donors (Lipinski definition) is 1. The molecule has 0 aromatic heterocycles. The summed E-state index contributed by atoms with van der Waals surface area (Å²) in [7, 11) is 0. The van der Waals surface area contributed by atoms with E-state index in [9.17, 15) is 19.5 Å². The summed E-state index contributed by atoms with van der Waals surface area (Å²) < 4.78 is 12.5. The summed E-state index contributed by atoms with van der Waals surface area (Å²) in [6, 6.07) is 12.3. The third-order valence-electron chi connectivity index (χ3n) is 9.91. The van der Waals surface area contributed by atoms with Gasteiger partial charge < -0.3 is 29.3 Å². The number of fused-ring (bicyclic) bond motifs is 1. The predicted molar refractivity (Wildman–Crippen MR) is 179 cm³/mol. The Morgan fingerprint density at radius 2 is 1.67 bits per heavy atom. The van der Waals surface area contributed by atoms with Gasteiger partial charge in [-0.05, 0) is 88.8 Å². The molecule has 5 atom stereocenters. The van der Waals surface area contributed by atoms with Crippen LogP contribution in [0, 0.1) is 25.7 Å². The third kappa shape index (κ3) is 5.53. The lowest BCUT2D eigenvalue weighted by molar-refractivity contribution is -0.144. The molecule has 5 rings (SSSR count). The second kappa shape index (κ2) is 13.4. The van der Waals surface area contributed by atoms with Gasteiger partial charge in [-0.1, -0.05) is 30.4 Å². The van der Waals surface area contributed by atoms with E-state index in [1.165, 1.54) is 0 Å². The maximum Gasteiger partial charge on any atom is 0.253 e. The largest absolute Gasteiger partial charge is 0.494 e. The average molecular weight is 630 g/mol. The maximum absolute atomic E-state index is 14.9. The Hall–Kier alpha value is -3.95. The van der Waals surface area contributed by atoms with E-state index in [1.807, 2.05) is 70.2 Å². The predicted octanol–water partition coefficient (Wildman–Crippen LogP) is 4.98. The molecule has 46 heavy (non-hydrogen) atoms. The van der Waals surface area contributed by atoms with Crippen LogP contribution in [0.15, 0.2) is 67.8 Å². The standard InChI is InChI=1S/C37H47N3O6/c1-7-21-38(27-15-17-28(18-16-27)45-9-3)33(42)29-30-34(43)40(23-10-11-24-41)32(37(30)20-19-36(29,6)46-37)35(44)39(22-8-2)31-25(4)13-12-14-26(31)5/h7-8,12-18,29-30,32,41H,1-2,9-11,19-24H2,3-6H3/t29-,30-,32?,36+,37?/m0/s1. The average Bonchev–Trinajstić information content (AvgIpc) is 3.60. The van der Waals surface area contributed by atoms with E-state index >= 15 is 0 Å². The molecule has 0 radical (unpaired) electrons. The van der Waals surface area contributed by atoms with Crippen molar-refractivity contribution < 1.29 is 29.0 Å². The second-order valence-corrected chi connectivity index (χ2v) is 12.8. The number of unbranched alkanes of at least 4 members (excludes halogenated alkanes) is 1. The van der Waals surface area contributed by atoms with Crippen molar-refractivity contribution in [1.29, 1.82) is 0 Å². The quantitative estimate of drug-likeness (QED) is 0.234. The number of carbonyl (C=O) groups excluding carboxylic acids is 3. The van der Waals surface area contributed by atoms with E-state index in [0.29, 0.717) is 43.7 Å². The molecule has 0 saturated carbocycles. The smallest absolute Gasteiger partial charge is 0.253 e. The van der Waals surface area contributed by atoms with Gasteiger partial charge >= 0.3 is 0 Å². The van der Waals surface area contributed by atoms with E-state index in [4.69, 9.17) is 9.47 Å². The molecule has 2 bridgehead atoms. The highest BCUT2D eigenvalue weighted by atomic mass is 16.5. The summed E-state index contributed by atoms with van der Waals surface area (Å²) in [6.07, 6.45) is 5.39. The van der Waals surface area contributed by atoms with Gasteiger partial charge in [0.2, 0.25) is 11.8 Å². The van der Waals surface area contributed by atoms with Crippen molar-refractivity contribution in [1.82, 2.24) is 4.90 Å². The lowest BCUT2D eigenvalue weighted by atomic mass is 9.66. The van der Waals surface area contributed by atoms with Crippen molar-refractivity contribution in [2.24, 2.45) is 11.8 Å². The van der Waals surface area contributed by atoms with Gasteiger partial charge in [0, 0.05) is 37.6 Å². The number of likely N-dealkylation sites (tertiary alicyclic amines) is 1. The zero-order valence-electron chi connectivity index (χ0n) is 27.5. The highest BCUT2D eigenvalue weighted by molar-refractivity contribution is 6.07. The molecule has 3 amide bonds. The number of ether oxygens (including phenoxy) is 2. The highest BCUT2D eigenvalue weighted by Crippen LogP contribution is 2.63. The molecule has 2 aromatic rings. The van der Waals surface area contributed by atoms with E-state index in [1.54, 1.807) is 26.9 Å². The number of amides is 3. The summed E-state index contributed by atoms with van der Waals surface area (Å²) in [5.41, 5.74) is 1.23. The summed E-state index contributed by atoms with van der Waals surface area (Å²) in [4.78, 5) is 49.2. The van der Waals surface area contributed by atoms with Crippen LogP contribution in [0.3, 0.4) is 0 Å². The van der Waals surface area contributed by atoms with Crippen LogP contribution in [-0.4, -0.2) is 77.8 Å². The highest BCUT2D eigenvalue weighted by Gasteiger charge is 2.78. The van der Waals surface area contributed by atoms with Gasteiger partial charge in [0.15, 0.2) is 0 Å². The van der Waals surface area contributed by atoms with Gasteiger partial charge in [-0.15, -0.1) is 13.2 Å². The van der Waals surface area contributed by atoms with Crippen molar-refractivity contribution in [3.8, 4) is 5.75 Å². The zero-order valence-corrected chi connectivity index (χ0v) is 27.5. The Kier molecular flexibility index (Phi) is 9.75. The molecule has 3 aliphatic heterocycles. The number of benzene rings is 2. The van der Waals surface area contributed by atoms with Gasteiger partial charge in [0.05, 0.1) is 24.0 Å². The number of aliphatic hydroxyl groups is 1. The van der Waals surface area contributed by atoms with Crippen LogP contribution in [0.25, 0.3) is 0 Å². The number of para-hydroxylation sites is 1. The number of aryl methyl sites for hydroxylation is 2. The van der Waals surface area contributed by atoms with Gasteiger partial charge in [0.1, 0.15) is 17.4 Å². The number of aliphatic hydroxyl groups excluding tert-OH is 1. The Balaban J connectivity index is 1.58. The lowest BCUT2D eigenvalue weighted by Gasteiger charge is -2.37. The molecule has 3 aliphatic rings. The third-order valence-corrected chi connectivity index (χ3v) is 9.91. The zero-order chi connectivity index (χ0) is 33.2. The van der Waals surface area contributed by atoms with E-state index in [0.717, 1.165) is 16.8 Å². The van der Waals surface area contributed by atoms with Crippen LogP contribution in [0.5, 0.6) is 5.75 Å². The molecule has 9 nitrogen and oxygen atoms in total. The Morgan fingerprint density at radius 1 is 1.02 bits per heavy atom. The van der Waals surface area contributed by atoms with Crippen LogP contribution in [0.2, 0.25) is 0 Å². The van der Waals surface area contributed by atoms with Gasteiger partial charge in [-0.2, -0.15) is 0 Å². The minimum atomic E-state index is -1.17. The van der Waals surface area contributed by atoms with Crippen LogP contribution in [-0.2, 0) is 19.1 Å². The SMILES string of the molecule is C=CCN(C(=O)[C@@H]1[C@H]2C(=O)N(CCCCO)C(C(=O)N(CC=C)c3c(C)cccc3C)C23CC[C@@]1(C)O3)c1ccc(OCC)cc1. The summed E-state index contributed by atoms with van der Waals surface area (Å²) >= 11 is 0. The molecule has 0 aliphatic carbocycles. The molecule has 3 heterocycles. The first kappa shape index (κ1) is 33.4. The van der Waals surface area contributed by atoms with Crippen LogP contribution in [0.4, 0.5) is 11.4 Å². The van der Waals surface area contributed by atoms with Crippen molar-refractivity contribution in [2.75, 3.05) is 42.6 Å². The van der Waals surface area contributed by atoms with Gasteiger partial charge in [-0.3, -0.25) is 14.4 Å². The van der Waals surface area contributed by atoms with Crippen LogP contribution >= 0.6 is 0 Å². The second-order valence-electron chi connectivity index (χ2n) is 12.8. The molecule has 9 heteroatoms. The lowest BCUT2D eigenvalue weighted by Crippen LogP contribution is -2.57. The molecule has 3 fully saturated rings. The van der Waals surface area contributed by atoms with E-state index in [2.05, 4.69) is 13.2 Å². The van der Waals surface area contributed by atoms with Crippen LogP contribution < -0.4 is 14.5 Å². The number of nitrogens with zero attached hydrogens (tertiary/aromatic N) is 3. The Labute approximate surface area is 272 Å². The topological polar surface area (TPSA) is 99.6 Å². The maximum atomic E-state index is 14.9. The number of hydrogen-bond acceptors (Lipinski definition) is 6. The first-order chi connectivity index (χ1) is 22.1. The molecule has 3 saturated heterocycles. The van der Waals surface area contributed by atoms with E-state index < -0.39 is 29.1 Å². The normalized spacial score (nSPS) is 26.2. The van der Waals surface area contributed by atoms with Crippen molar-refractivity contribution in [3.05, 3.63) is 78.9 Å². The van der Waals surface area contributed by atoms with E-state index in [-0.39, 0.29) is 44.0 Å². The molecule has 246 valence electrons. The van der Waals surface area contributed by atoms with Crippen molar-refractivity contribution >= 4 is 29.1 Å². The molecule has 2 aromatic carbocycles. The molecule has 1 spiro atoms. The van der Waals surface area contributed by atoms with Crippen molar-refractivity contribution in [3.63, 3.8) is 0 Å². The fraction of sp³-hybridized carbons (Fsp3) is 0.486. The molecule has 1 N–H and O–H groups in total. The molecular formula is C37H47N3O6. The molecular weight excluding hydrogens is 582 g/mol. The fourth-order valence-electron chi connectivity index (χ4n) is 8.02. The first-order valence-corrected chi connectivity index (χ1v) is 16.3. The number of carbonyl (C=O) groups is 3. The monoisotopic (exact) mass is 629 g/mol. The summed E-state index contributed by atoms with van der Waals surface area (Å²) in [6.45, 7) is 16.9. The van der Waals surface area contributed by atoms with Gasteiger partial charge in [-0.25, -0.2) is 0 Å². The van der Waals surface area contributed by atoms with Crippen molar-refractivity contribution in [2.45, 2.75) is 70.6 Å². The fourth-order valence-corrected chi connectivity index (χ4v) is 8.02. The van der Waals surface area contributed by atoms with Gasteiger partial charge in [0.25, 0.3) is 5.91 Å². The molecule has 2 unspecified atom stereocenters. The Bertz CT molecular complexity index is 1470.